The number of nitrogens with two attached hydrogens (primary N) is 1. The number of pyridine rings is 1. The number of rotatable bonds is 10. The highest BCUT2D eigenvalue weighted by molar-refractivity contribution is 6.38. The van der Waals surface area contributed by atoms with Crippen molar-refractivity contribution in [3.8, 4) is 0 Å². The first-order valence-electron chi connectivity index (χ1n) is 12.1. The Bertz CT molecular complexity index is 1230. The van der Waals surface area contributed by atoms with Crippen molar-refractivity contribution < 1.29 is 14.4 Å². The monoisotopic (exact) mass is 482 g/mol. The second-order valence-corrected chi connectivity index (χ2v) is 8.94. The molecule has 3 aromatic rings. The lowest BCUT2D eigenvalue weighted by atomic mass is 10.0. The molecule has 184 valence electrons. The molecule has 0 saturated carbocycles. The number of carbonyl (C=O) groups is 3. The average molecular weight is 483 g/mol. The van der Waals surface area contributed by atoms with E-state index in [1.807, 2.05) is 48.5 Å². The Morgan fingerprint density at radius 3 is 2.33 bits per heavy atom. The van der Waals surface area contributed by atoms with E-state index in [9.17, 15) is 14.4 Å². The van der Waals surface area contributed by atoms with E-state index in [1.165, 1.54) is 18.4 Å². The summed E-state index contributed by atoms with van der Waals surface area (Å²) in [7, 11) is 0. The highest BCUT2D eigenvalue weighted by Crippen LogP contribution is 2.16. The molecule has 0 radical (unpaired) electrons. The van der Waals surface area contributed by atoms with Crippen LogP contribution in [0.2, 0.25) is 0 Å². The van der Waals surface area contributed by atoms with Crippen molar-refractivity contribution in [1.29, 1.82) is 0 Å². The van der Waals surface area contributed by atoms with Gasteiger partial charge in [0, 0.05) is 19.2 Å². The standard InChI is InChI=1S/C29H30N4O3/c30-28(35)27(34)26(19-22-7-2-1-3-8-22)32-29(36)24-9-6-16-31-25(24)15-14-21-10-12-23(13-11-21)20-33-17-4-5-18-33/h1-3,6-16,26H,4-5,17-20H2,(H2,30,35)(H,32,36). The fourth-order valence-electron chi connectivity index (χ4n) is 4.32. The Kier molecular flexibility index (Phi) is 8.36. The molecule has 1 atom stereocenters. The summed E-state index contributed by atoms with van der Waals surface area (Å²) in [4.78, 5) is 43.9. The Hall–Kier alpha value is -4.10. The van der Waals surface area contributed by atoms with Gasteiger partial charge in [-0.1, -0.05) is 60.7 Å². The lowest BCUT2D eigenvalue weighted by Crippen LogP contribution is -2.47. The van der Waals surface area contributed by atoms with Crippen LogP contribution >= 0.6 is 0 Å². The summed E-state index contributed by atoms with van der Waals surface area (Å²) < 4.78 is 0. The van der Waals surface area contributed by atoms with E-state index in [4.69, 9.17) is 5.73 Å². The van der Waals surface area contributed by atoms with E-state index in [2.05, 4.69) is 27.3 Å². The second kappa shape index (κ2) is 12.0. The smallest absolute Gasteiger partial charge is 0.287 e. The fraction of sp³-hybridized carbons (Fsp3) is 0.241. The van der Waals surface area contributed by atoms with Crippen LogP contribution in [0.3, 0.4) is 0 Å². The minimum absolute atomic E-state index is 0.156. The molecule has 2 aromatic carbocycles. The molecule has 1 aliphatic rings. The Morgan fingerprint density at radius 1 is 0.917 bits per heavy atom. The van der Waals surface area contributed by atoms with E-state index in [0.717, 1.165) is 30.8 Å². The molecule has 1 saturated heterocycles. The fourth-order valence-corrected chi connectivity index (χ4v) is 4.32. The average Bonchev–Trinajstić information content (AvgIpc) is 3.41. The van der Waals surface area contributed by atoms with E-state index in [-0.39, 0.29) is 6.42 Å². The van der Waals surface area contributed by atoms with E-state index in [0.29, 0.717) is 11.3 Å². The molecule has 1 aromatic heterocycles. The Morgan fingerprint density at radius 2 is 1.64 bits per heavy atom. The number of Topliss-reactive ketones (excluding diaryl/α,β-unsaturated/α-hetero) is 1. The van der Waals surface area contributed by atoms with Gasteiger partial charge in [0.2, 0.25) is 5.78 Å². The molecule has 2 heterocycles. The molecule has 0 bridgehead atoms. The van der Waals surface area contributed by atoms with Gasteiger partial charge < -0.3 is 11.1 Å². The highest BCUT2D eigenvalue weighted by atomic mass is 16.2. The summed E-state index contributed by atoms with van der Waals surface area (Å²) in [6.07, 6.45) is 7.96. The number of hydrogen-bond acceptors (Lipinski definition) is 5. The molecule has 0 spiro atoms. The first-order valence-corrected chi connectivity index (χ1v) is 12.1. The van der Waals surface area contributed by atoms with Gasteiger partial charge in [0.1, 0.15) is 6.04 Å². The van der Waals surface area contributed by atoms with Crippen molar-refractivity contribution in [3.05, 3.63) is 101 Å². The van der Waals surface area contributed by atoms with Crippen LogP contribution in [0.4, 0.5) is 0 Å². The molecule has 36 heavy (non-hydrogen) atoms. The summed E-state index contributed by atoms with van der Waals surface area (Å²) in [6.45, 7) is 3.27. The van der Waals surface area contributed by atoms with Crippen LogP contribution < -0.4 is 11.1 Å². The molecule has 4 rings (SSSR count). The predicted molar refractivity (Wildman–Crippen MR) is 140 cm³/mol. The number of hydrogen-bond donors (Lipinski definition) is 2. The van der Waals surface area contributed by atoms with Crippen LogP contribution in [-0.4, -0.2) is 46.6 Å². The lowest BCUT2D eigenvalue weighted by Gasteiger charge is -2.17. The number of aromatic nitrogens is 1. The van der Waals surface area contributed by atoms with Gasteiger partial charge in [-0.2, -0.15) is 0 Å². The third kappa shape index (κ3) is 6.73. The zero-order valence-electron chi connectivity index (χ0n) is 20.1. The summed E-state index contributed by atoms with van der Waals surface area (Å²) >= 11 is 0. The molecule has 2 amide bonds. The van der Waals surface area contributed by atoms with Gasteiger partial charge in [-0.25, -0.2) is 0 Å². The number of ketones is 1. The van der Waals surface area contributed by atoms with Gasteiger partial charge in [-0.05, 0) is 60.8 Å². The van der Waals surface area contributed by atoms with E-state index < -0.39 is 23.6 Å². The summed E-state index contributed by atoms with van der Waals surface area (Å²) in [6, 6.07) is 19.7. The van der Waals surface area contributed by atoms with E-state index >= 15 is 0 Å². The molecular formula is C29H30N4O3. The van der Waals surface area contributed by atoms with Crippen molar-refractivity contribution in [2.75, 3.05) is 13.1 Å². The Balaban J connectivity index is 1.47. The van der Waals surface area contributed by atoms with Crippen molar-refractivity contribution >= 4 is 29.7 Å². The first kappa shape index (κ1) is 25.0. The van der Waals surface area contributed by atoms with E-state index in [1.54, 1.807) is 24.4 Å². The van der Waals surface area contributed by atoms with Crippen molar-refractivity contribution in [2.45, 2.75) is 31.8 Å². The minimum Gasteiger partial charge on any atom is -0.363 e. The van der Waals surface area contributed by atoms with Gasteiger partial charge in [0.25, 0.3) is 11.8 Å². The lowest BCUT2D eigenvalue weighted by molar-refractivity contribution is -0.137. The maximum atomic E-state index is 13.1. The number of primary amides is 1. The summed E-state index contributed by atoms with van der Waals surface area (Å²) in [5.74, 6) is -2.43. The molecule has 3 N–H and O–H groups in total. The highest BCUT2D eigenvalue weighted by Gasteiger charge is 2.26. The van der Waals surface area contributed by atoms with Gasteiger partial charge in [-0.3, -0.25) is 24.3 Å². The minimum atomic E-state index is -1.09. The Labute approximate surface area is 211 Å². The molecule has 1 aliphatic heterocycles. The van der Waals surface area contributed by atoms with Crippen LogP contribution in [0.25, 0.3) is 12.2 Å². The van der Waals surface area contributed by atoms with Gasteiger partial charge >= 0.3 is 0 Å². The largest absolute Gasteiger partial charge is 0.363 e. The molecular weight excluding hydrogens is 452 g/mol. The molecule has 1 unspecified atom stereocenters. The number of nitrogens with zero attached hydrogens (tertiary/aromatic N) is 2. The van der Waals surface area contributed by atoms with Crippen LogP contribution in [0.1, 0.15) is 45.6 Å². The van der Waals surface area contributed by atoms with Crippen LogP contribution in [0.15, 0.2) is 72.9 Å². The quantitative estimate of drug-likeness (QED) is 0.432. The van der Waals surface area contributed by atoms with Crippen LogP contribution in [0, 0.1) is 0 Å². The maximum absolute atomic E-state index is 13.1. The van der Waals surface area contributed by atoms with Gasteiger partial charge in [0.15, 0.2) is 0 Å². The SMILES string of the molecule is NC(=O)C(=O)C(Cc1ccccc1)NC(=O)c1cccnc1C=Cc1ccc(CN2CCCC2)cc1. The predicted octanol–water partition coefficient (Wildman–Crippen LogP) is 3.24. The molecule has 7 nitrogen and oxygen atoms in total. The summed E-state index contributed by atoms with van der Waals surface area (Å²) in [5.41, 5.74) is 9.06. The maximum Gasteiger partial charge on any atom is 0.287 e. The van der Waals surface area contributed by atoms with Crippen LogP contribution in [-0.2, 0) is 22.6 Å². The normalized spacial score (nSPS) is 14.6. The van der Waals surface area contributed by atoms with Crippen molar-refractivity contribution in [3.63, 3.8) is 0 Å². The second-order valence-electron chi connectivity index (χ2n) is 8.94. The van der Waals surface area contributed by atoms with Gasteiger partial charge in [0.05, 0.1) is 11.3 Å². The topological polar surface area (TPSA) is 105 Å². The third-order valence-corrected chi connectivity index (χ3v) is 6.25. The van der Waals surface area contributed by atoms with Crippen molar-refractivity contribution in [2.24, 2.45) is 5.73 Å². The molecule has 0 aliphatic carbocycles. The number of amides is 2. The number of benzene rings is 2. The summed E-state index contributed by atoms with van der Waals surface area (Å²) in [5, 5.41) is 2.68. The van der Waals surface area contributed by atoms with Crippen molar-refractivity contribution in [1.82, 2.24) is 15.2 Å². The van der Waals surface area contributed by atoms with Crippen LogP contribution in [0.5, 0.6) is 0 Å². The van der Waals surface area contributed by atoms with Gasteiger partial charge in [-0.15, -0.1) is 0 Å². The number of carbonyl (C=O) groups excluding carboxylic acids is 3. The first-order chi connectivity index (χ1) is 17.5. The molecule has 1 fully saturated rings. The zero-order valence-corrected chi connectivity index (χ0v) is 20.1. The number of nitrogens with one attached hydrogen (secondary N) is 1. The zero-order chi connectivity index (χ0) is 25.3. The third-order valence-electron chi connectivity index (χ3n) is 6.25. The molecule has 7 heteroatoms. The number of likely N-dealkylation sites (tertiary alicyclic amines) is 1.